The van der Waals surface area contributed by atoms with Gasteiger partial charge >= 0.3 is 5.97 Å². The molecule has 0 aromatic carbocycles. The molecule has 5 nitrogen and oxygen atoms in total. The summed E-state index contributed by atoms with van der Waals surface area (Å²) in [5, 5.41) is 0. The van der Waals surface area contributed by atoms with Gasteiger partial charge in [-0.1, -0.05) is 91.9 Å². The molecule has 0 amide bonds. The van der Waals surface area contributed by atoms with Gasteiger partial charge in [0.1, 0.15) is 11.9 Å². The lowest BCUT2D eigenvalue weighted by atomic mass is 10.0. The fourth-order valence-corrected chi connectivity index (χ4v) is 4.75. The Labute approximate surface area is 230 Å². The van der Waals surface area contributed by atoms with E-state index in [0.29, 0.717) is 26.1 Å². The van der Waals surface area contributed by atoms with Gasteiger partial charge in [-0.3, -0.25) is 9.59 Å². The van der Waals surface area contributed by atoms with Gasteiger partial charge in [0, 0.05) is 19.4 Å². The normalized spacial score (nSPS) is 13.1. The van der Waals surface area contributed by atoms with Crippen LogP contribution in [0.3, 0.4) is 0 Å². The van der Waals surface area contributed by atoms with Crippen LogP contribution in [0.1, 0.15) is 163 Å². The SMILES string of the molecule is CCCCCCCCC(CCCCCCCC)OC(=O)CCCCOC(CC)C(CC)OCCC(C)=O. The third kappa shape index (κ3) is 22.7. The number of esters is 1. The van der Waals surface area contributed by atoms with Crippen molar-refractivity contribution in [3.8, 4) is 0 Å². The fraction of sp³-hybridized carbons (Fsp3) is 0.938. The molecule has 0 saturated carbocycles. The number of rotatable bonds is 28. The molecule has 0 aromatic heterocycles. The predicted molar refractivity (Wildman–Crippen MR) is 155 cm³/mol. The topological polar surface area (TPSA) is 61.8 Å². The van der Waals surface area contributed by atoms with Gasteiger partial charge in [0.05, 0.1) is 18.8 Å². The maximum absolute atomic E-state index is 12.6. The standard InChI is InChI=1S/C32H62O5/c1-6-10-12-14-16-18-22-29(23-19-17-15-13-11-7-2)37-32(34)24-20-21-26-35-30(8-3)31(9-4)36-27-25-28(5)33/h29-31H,6-27H2,1-5H3. The number of ether oxygens (including phenoxy) is 3. The molecule has 0 aliphatic carbocycles. The van der Waals surface area contributed by atoms with Gasteiger partial charge in [0.25, 0.3) is 0 Å². The average molecular weight is 527 g/mol. The molecule has 0 bridgehead atoms. The summed E-state index contributed by atoms with van der Waals surface area (Å²) in [6.45, 7) is 11.4. The lowest BCUT2D eigenvalue weighted by molar-refractivity contribution is -0.150. The van der Waals surface area contributed by atoms with E-state index >= 15 is 0 Å². The van der Waals surface area contributed by atoms with Crippen LogP contribution in [-0.4, -0.2) is 43.3 Å². The third-order valence-corrected chi connectivity index (χ3v) is 7.17. The summed E-state index contributed by atoms with van der Waals surface area (Å²) in [4.78, 5) is 23.7. The van der Waals surface area contributed by atoms with Crippen molar-refractivity contribution < 1.29 is 23.8 Å². The van der Waals surface area contributed by atoms with Gasteiger partial charge in [0.2, 0.25) is 0 Å². The Morgan fingerprint density at radius 1 is 0.568 bits per heavy atom. The maximum Gasteiger partial charge on any atom is 0.306 e. The Morgan fingerprint density at radius 3 is 1.54 bits per heavy atom. The van der Waals surface area contributed by atoms with Crippen molar-refractivity contribution in [1.82, 2.24) is 0 Å². The summed E-state index contributed by atoms with van der Waals surface area (Å²) in [5.41, 5.74) is 0. The second-order valence-corrected chi connectivity index (χ2v) is 10.8. The monoisotopic (exact) mass is 526 g/mol. The molecule has 0 saturated heterocycles. The minimum absolute atomic E-state index is 0.0130. The molecule has 0 radical (unpaired) electrons. The van der Waals surface area contributed by atoms with E-state index in [4.69, 9.17) is 14.2 Å². The van der Waals surface area contributed by atoms with E-state index in [9.17, 15) is 9.59 Å². The summed E-state index contributed by atoms with van der Waals surface area (Å²) in [6.07, 6.45) is 21.7. The van der Waals surface area contributed by atoms with Gasteiger partial charge in [0.15, 0.2) is 0 Å². The molecular formula is C32H62O5. The maximum atomic E-state index is 12.6. The highest BCUT2D eigenvalue weighted by Crippen LogP contribution is 2.18. The third-order valence-electron chi connectivity index (χ3n) is 7.17. The average Bonchev–Trinajstić information content (AvgIpc) is 2.88. The number of carbonyl (C=O) groups is 2. The zero-order valence-electron chi connectivity index (χ0n) is 25.3. The van der Waals surface area contributed by atoms with E-state index in [0.717, 1.165) is 51.4 Å². The molecule has 0 N–H and O–H groups in total. The van der Waals surface area contributed by atoms with Crippen molar-refractivity contribution >= 4 is 11.8 Å². The van der Waals surface area contributed by atoms with Gasteiger partial charge in [-0.25, -0.2) is 0 Å². The van der Waals surface area contributed by atoms with Crippen molar-refractivity contribution in [3.05, 3.63) is 0 Å². The predicted octanol–water partition coefficient (Wildman–Crippen LogP) is 9.14. The van der Waals surface area contributed by atoms with Crippen LogP contribution in [0, 0.1) is 0 Å². The summed E-state index contributed by atoms with van der Waals surface area (Å²) in [6, 6.07) is 0. The zero-order valence-corrected chi connectivity index (χ0v) is 25.3. The molecule has 2 atom stereocenters. The lowest BCUT2D eigenvalue weighted by Crippen LogP contribution is -2.31. The Kier molecular flexibility index (Phi) is 26.0. The molecule has 0 aliphatic heterocycles. The van der Waals surface area contributed by atoms with Crippen molar-refractivity contribution in [1.29, 1.82) is 0 Å². The Hall–Kier alpha value is -0.940. The molecule has 0 heterocycles. The van der Waals surface area contributed by atoms with Crippen LogP contribution in [0.2, 0.25) is 0 Å². The molecule has 0 aromatic rings. The van der Waals surface area contributed by atoms with Crippen LogP contribution in [0.4, 0.5) is 0 Å². The highest BCUT2D eigenvalue weighted by atomic mass is 16.5. The van der Waals surface area contributed by atoms with Gasteiger partial charge in [-0.15, -0.1) is 0 Å². The molecule has 2 unspecified atom stereocenters. The smallest absolute Gasteiger partial charge is 0.306 e. The number of unbranched alkanes of at least 4 members (excludes halogenated alkanes) is 11. The van der Waals surface area contributed by atoms with Crippen molar-refractivity contribution in [3.63, 3.8) is 0 Å². The number of carbonyl (C=O) groups excluding carboxylic acids is 2. The Balaban J connectivity index is 4.29. The van der Waals surface area contributed by atoms with Crippen molar-refractivity contribution in [2.24, 2.45) is 0 Å². The molecule has 0 fully saturated rings. The van der Waals surface area contributed by atoms with Crippen LogP contribution in [-0.2, 0) is 23.8 Å². The highest BCUT2D eigenvalue weighted by Gasteiger charge is 2.20. The van der Waals surface area contributed by atoms with Crippen LogP contribution < -0.4 is 0 Å². The van der Waals surface area contributed by atoms with Crippen LogP contribution in [0.25, 0.3) is 0 Å². The summed E-state index contributed by atoms with van der Waals surface area (Å²) in [7, 11) is 0. The number of Topliss-reactive ketones (excluding diaryl/α,β-unsaturated/α-hetero) is 1. The fourth-order valence-electron chi connectivity index (χ4n) is 4.75. The van der Waals surface area contributed by atoms with Crippen LogP contribution in [0.15, 0.2) is 0 Å². The Bertz CT molecular complexity index is 505. The highest BCUT2D eigenvalue weighted by molar-refractivity contribution is 5.75. The second kappa shape index (κ2) is 26.7. The molecule has 37 heavy (non-hydrogen) atoms. The Morgan fingerprint density at radius 2 is 1.05 bits per heavy atom. The molecule has 5 heteroatoms. The van der Waals surface area contributed by atoms with Crippen LogP contribution >= 0.6 is 0 Å². The summed E-state index contributed by atoms with van der Waals surface area (Å²) < 4.78 is 17.9. The minimum Gasteiger partial charge on any atom is -0.462 e. The van der Waals surface area contributed by atoms with Gasteiger partial charge in [-0.2, -0.15) is 0 Å². The number of ketones is 1. The molecule has 0 spiro atoms. The number of hydrogen-bond donors (Lipinski definition) is 0. The van der Waals surface area contributed by atoms with Gasteiger partial charge < -0.3 is 14.2 Å². The summed E-state index contributed by atoms with van der Waals surface area (Å²) >= 11 is 0. The van der Waals surface area contributed by atoms with E-state index in [1.54, 1.807) is 6.92 Å². The summed E-state index contributed by atoms with van der Waals surface area (Å²) in [5.74, 6) is 0.102. The van der Waals surface area contributed by atoms with Gasteiger partial charge in [-0.05, 0) is 58.3 Å². The first kappa shape index (κ1) is 36.1. The molecule has 0 rings (SSSR count). The zero-order chi connectivity index (χ0) is 27.6. The first-order valence-corrected chi connectivity index (χ1v) is 15.9. The minimum atomic E-state index is -0.0481. The lowest BCUT2D eigenvalue weighted by Gasteiger charge is -2.25. The van der Waals surface area contributed by atoms with E-state index in [1.165, 1.54) is 64.2 Å². The largest absolute Gasteiger partial charge is 0.462 e. The molecular weight excluding hydrogens is 464 g/mol. The van der Waals surface area contributed by atoms with E-state index in [1.807, 2.05) is 0 Å². The van der Waals surface area contributed by atoms with Crippen molar-refractivity contribution in [2.45, 2.75) is 181 Å². The number of hydrogen-bond acceptors (Lipinski definition) is 5. The first-order valence-electron chi connectivity index (χ1n) is 15.9. The van der Waals surface area contributed by atoms with Crippen LogP contribution in [0.5, 0.6) is 0 Å². The first-order chi connectivity index (χ1) is 18.0. The van der Waals surface area contributed by atoms with E-state index < -0.39 is 0 Å². The van der Waals surface area contributed by atoms with E-state index in [2.05, 4.69) is 27.7 Å². The van der Waals surface area contributed by atoms with E-state index in [-0.39, 0.29) is 30.1 Å². The quantitative estimate of drug-likeness (QED) is 0.0751. The molecule has 0 aliphatic rings. The van der Waals surface area contributed by atoms with Crippen molar-refractivity contribution in [2.75, 3.05) is 13.2 Å². The second-order valence-electron chi connectivity index (χ2n) is 10.8. The molecule has 220 valence electrons.